The average Bonchev–Trinajstić information content (AvgIpc) is 2.27. The standard InChI is InChI=1S/C18H28N2O2/c1-11-7-12(2)16(13(3)8-11)19-14-9-15(10-14)20-17(21)22-18(4,5)6/h7-8,14-15,19H,9-10H2,1-6H3,(H,20,21). The molecule has 1 fully saturated rings. The van der Waals surface area contributed by atoms with E-state index in [9.17, 15) is 4.79 Å². The molecule has 0 radical (unpaired) electrons. The van der Waals surface area contributed by atoms with Crippen LogP contribution in [0.2, 0.25) is 0 Å². The first-order chi connectivity index (χ1) is 10.1. The molecule has 0 aliphatic heterocycles. The summed E-state index contributed by atoms with van der Waals surface area (Å²) in [4.78, 5) is 11.7. The zero-order valence-corrected chi connectivity index (χ0v) is 14.5. The van der Waals surface area contributed by atoms with Crippen LogP contribution in [0.5, 0.6) is 0 Å². The van der Waals surface area contributed by atoms with E-state index in [1.165, 1.54) is 22.4 Å². The van der Waals surface area contributed by atoms with Crippen LogP contribution < -0.4 is 10.6 Å². The molecule has 2 rings (SSSR count). The van der Waals surface area contributed by atoms with Crippen molar-refractivity contribution in [3.63, 3.8) is 0 Å². The fraction of sp³-hybridized carbons (Fsp3) is 0.611. The highest BCUT2D eigenvalue weighted by atomic mass is 16.6. The largest absolute Gasteiger partial charge is 0.444 e. The molecule has 1 amide bonds. The zero-order chi connectivity index (χ0) is 16.5. The molecule has 122 valence electrons. The summed E-state index contributed by atoms with van der Waals surface area (Å²) in [7, 11) is 0. The van der Waals surface area contributed by atoms with Crippen LogP contribution in [-0.4, -0.2) is 23.8 Å². The van der Waals surface area contributed by atoms with Gasteiger partial charge in [0.25, 0.3) is 0 Å². The van der Waals surface area contributed by atoms with Crippen molar-refractivity contribution in [1.29, 1.82) is 0 Å². The third-order valence-corrected chi connectivity index (χ3v) is 3.88. The van der Waals surface area contributed by atoms with Gasteiger partial charge in [0.2, 0.25) is 0 Å². The second kappa shape index (κ2) is 6.19. The van der Waals surface area contributed by atoms with Gasteiger partial charge in [-0.15, -0.1) is 0 Å². The van der Waals surface area contributed by atoms with Crippen LogP contribution in [0.3, 0.4) is 0 Å². The smallest absolute Gasteiger partial charge is 0.407 e. The van der Waals surface area contributed by atoms with Crippen LogP contribution in [-0.2, 0) is 4.74 Å². The molecule has 1 saturated carbocycles. The van der Waals surface area contributed by atoms with Gasteiger partial charge in [-0.2, -0.15) is 0 Å². The van der Waals surface area contributed by atoms with Crippen LogP contribution in [0, 0.1) is 20.8 Å². The third kappa shape index (κ3) is 4.39. The molecule has 0 unspecified atom stereocenters. The van der Waals surface area contributed by atoms with E-state index in [1.807, 2.05) is 20.8 Å². The number of amides is 1. The number of ether oxygens (including phenoxy) is 1. The Hall–Kier alpha value is -1.71. The summed E-state index contributed by atoms with van der Waals surface area (Å²) >= 11 is 0. The number of hydrogen-bond donors (Lipinski definition) is 2. The highest BCUT2D eigenvalue weighted by Crippen LogP contribution is 2.29. The number of carbonyl (C=O) groups is 1. The van der Waals surface area contributed by atoms with Gasteiger partial charge in [0.05, 0.1) is 0 Å². The maximum atomic E-state index is 11.7. The maximum absolute atomic E-state index is 11.7. The average molecular weight is 304 g/mol. The Morgan fingerprint density at radius 2 is 1.64 bits per heavy atom. The molecule has 22 heavy (non-hydrogen) atoms. The van der Waals surface area contributed by atoms with E-state index in [0.29, 0.717) is 6.04 Å². The van der Waals surface area contributed by atoms with Crippen molar-refractivity contribution in [2.75, 3.05) is 5.32 Å². The van der Waals surface area contributed by atoms with Crippen molar-refractivity contribution in [2.45, 2.75) is 72.1 Å². The van der Waals surface area contributed by atoms with E-state index in [2.05, 4.69) is 43.5 Å². The van der Waals surface area contributed by atoms with Gasteiger partial charge in [0.15, 0.2) is 0 Å². The first-order valence-corrected chi connectivity index (χ1v) is 7.98. The molecule has 0 atom stereocenters. The molecule has 1 aromatic rings. The molecule has 0 heterocycles. The van der Waals surface area contributed by atoms with Gasteiger partial charge in [0, 0.05) is 17.8 Å². The second-order valence-electron chi connectivity index (χ2n) is 7.43. The van der Waals surface area contributed by atoms with Gasteiger partial charge in [-0.05, 0) is 65.5 Å². The quantitative estimate of drug-likeness (QED) is 0.884. The first kappa shape index (κ1) is 16.7. The number of alkyl carbamates (subject to hydrolysis) is 1. The summed E-state index contributed by atoms with van der Waals surface area (Å²) in [5.74, 6) is 0. The number of anilines is 1. The van der Waals surface area contributed by atoms with Crippen molar-refractivity contribution in [3.05, 3.63) is 28.8 Å². The highest BCUT2D eigenvalue weighted by molar-refractivity contribution is 5.68. The third-order valence-electron chi connectivity index (χ3n) is 3.88. The Morgan fingerprint density at radius 1 is 1.09 bits per heavy atom. The van der Waals surface area contributed by atoms with Gasteiger partial charge >= 0.3 is 6.09 Å². The molecule has 4 nitrogen and oxygen atoms in total. The Morgan fingerprint density at radius 3 is 2.14 bits per heavy atom. The van der Waals surface area contributed by atoms with E-state index >= 15 is 0 Å². The molecular formula is C18H28N2O2. The van der Waals surface area contributed by atoms with Gasteiger partial charge in [-0.25, -0.2) is 4.79 Å². The number of rotatable bonds is 3. The molecule has 0 bridgehead atoms. The van der Waals surface area contributed by atoms with Crippen molar-refractivity contribution in [1.82, 2.24) is 5.32 Å². The molecule has 1 aliphatic carbocycles. The number of carbonyl (C=O) groups excluding carboxylic acids is 1. The lowest BCUT2D eigenvalue weighted by Crippen LogP contribution is -2.50. The minimum atomic E-state index is -0.443. The summed E-state index contributed by atoms with van der Waals surface area (Å²) in [5.41, 5.74) is 4.63. The molecule has 4 heteroatoms. The number of aryl methyl sites for hydroxylation is 3. The predicted molar refractivity (Wildman–Crippen MR) is 90.5 cm³/mol. The van der Waals surface area contributed by atoms with Crippen LogP contribution in [0.1, 0.15) is 50.3 Å². The first-order valence-electron chi connectivity index (χ1n) is 7.98. The lowest BCUT2D eigenvalue weighted by Gasteiger charge is -2.37. The van der Waals surface area contributed by atoms with Gasteiger partial charge in [-0.3, -0.25) is 0 Å². The fourth-order valence-corrected chi connectivity index (χ4v) is 2.94. The minimum absolute atomic E-state index is 0.207. The van der Waals surface area contributed by atoms with E-state index in [-0.39, 0.29) is 12.1 Å². The van der Waals surface area contributed by atoms with Crippen molar-refractivity contribution in [3.8, 4) is 0 Å². The lowest BCUT2D eigenvalue weighted by atomic mass is 9.86. The molecule has 1 aromatic carbocycles. The Labute approximate surface area is 133 Å². The number of benzene rings is 1. The van der Waals surface area contributed by atoms with E-state index in [4.69, 9.17) is 4.74 Å². The van der Waals surface area contributed by atoms with E-state index in [0.717, 1.165) is 12.8 Å². The van der Waals surface area contributed by atoms with Crippen LogP contribution in [0.25, 0.3) is 0 Å². The fourth-order valence-electron chi connectivity index (χ4n) is 2.94. The summed E-state index contributed by atoms with van der Waals surface area (Å²) < 4.78 is 5.28. The summed E-state index contributed by atoms with van der Waals surface area (Å²) in [6.45, 7) is 12.0. The molecular weight excluding hydrogens is 276 g/mol. The van der Waals surface area contributed by atoms with Crippen LogP contribution in [0.15, 0.2) is 12.1 Å². The summed E-state index contributed by atoms with van der Waals surface area (Å²) in [6.07, 6.45) is 1.55. The van der Waals surface area contributed by atoms with Crippen LogP contribution in [0.4, 0.5) is 10.5 Å². The lowest BCUT2D eigenvalue weighted by molar-refractivity contribution is 0.0475. The number of nitrogens with one attached hydrogen (secondary N) is 2. The van der Waals surface area contributed by atoms with Crippen LogP contribution >= 0.6 is 0 Å². The highest BCUT2D eigenvalue weighted by Gasteiger charge is 2.32. The van der Waals surface area contributed by atoms with Gasteiger partial charge in [0.1, 0.15) is 5.60 Å². The minimum Gasteiger partial charge on any atom is -0.444 e. The Kier molecular flexibility index (Phi) is 4.69. The van der Waals surface area contributed by atoms with E-state index in [1.54, 1.807) is 0 Å². The second-order valence-corrected chi connectivity index (χ2v) is 7.43. The Balaban J connectivity index is 1.82. The molecule has 0 spiro atoms. The molecule has 1 aliphatic rings. The van der Waals surface area contributed by atoms with Crippen molar-refractivity contribution in [2.24, 2.45) is 0 Å². The molecule has 2 N–H and O–H groups in total. The Bertz CT molecular complexity index is 532. The monoisotopic (exact) mass is 304 g/mol. The van der Waals surface area contributed by atoms with E-state index < -0.39 is 5.60 Å². The topological polar surface area (TPSA) is 50.4 Å². The zero-order valence-electron chi connectivity index (χ0n) is 14.5. The molecule has 0 aromatic heterocycles. The summed E-state index contributed by atoms with van der Waals surface area (Å²) in [6, 6.07) is 5.02. The van der Waals surface area contributed by atoms with Crippen molar-refractivity contribution >= 4 is 11.8 Å². The summed E-state index contributed by atoms with van der Waals surface area (Å²) in [5, 5.41) is 6.53. The van der Waals surface area contributed by atoms with Gasteiger partial charge < -0.3 is 15.4 Å². The predicted octanol–water partition coefficient (Wildman–Crippen LogP) is 4.08. The SMILES string of the molecule is Cc1cc(C)c(NC2CC(NC(=O)OC(C)(C)C)C2)c(C)c1. The van der Waals surface area contributed by atoms with Gasteiger partial charge in [-0.1, -0.05) is 17.7 Å². The number of hydrogen-bond acceptors (Lipinski definition) is 3. The molecule has 0 saturated heterocycles. The van der Waals surface area contributed by atoms with Crippen molar-refractivity contribution < 1.29 is 9.53 Å². The normalized spacial score (nSPS) is 21.0. The maximum Gasteiger partial charge on any atom is 0.407 e.